The molecule has 1 fully saturated rings. The van der Waals surface area contributed by atoms with Crippen LogP contribution >= 0.6 is 0 Å². The van der Waals surface area contributed by atoms with E-state index >= 15 is 0 Å². The summed E-state index contributed by atoms with van der Waals surface area (Å²) in [5, 5.41) is 10.2. The van der Waals surface area contributed by atoms with Gasteiger partial charge in [-0.05, 0) is 45.2 Å². The van der Waals surface area contributed by atoms with Crippen molar-refractivity contribution < 1.29 is 13.7 Å². The van der Waals surface area contributed by atoms with Gasteiger partial charge < -0.3 is 9.47 Å². The predicted octanol–water partition coefficient (Wildman–Crippen LogP) is 3.59. The fourth-order valence-electron chi connectivity index (χ4n) is 4.18. The lowest BCUT2D eigenvalue weighted by atomic mass is 9.82. The molecular weight excluding hydrogens is 334 g/mol. The molecule has 134 valence electrons. The molecule has 2 aliphatic carbocycles. The molecule has 1 saturated carbocycles. The van der Waals surface area contributed by atoms with Crippen molar-refractivity contribution >= 4 is 10.8 Å². The lowest BCUT2D eigenvalue weighted by Gasteiger charge is -2.39. The van der Waals surface area contributed by atoms with Crippen molar-refractivity contribution in [3.05, 3.63) is 42.0 Å². The van der Waals surface area contributed by atoms with Gasteiger partial charge in [0.05, 0.1) is 16.9 Å². The summed E-state index contributed by atoms with van der Waals surface area (Å²) in [6.07, 6.45) is 4.53. The molecule has 3 rings (SSSR count). The van der Waals surface area contributed by atoms with Crippen LogP contribution in [0.25, 0.3) is 0 Å². The summed E-state index contributed by atoms with van der Waals surface area (Å²) in [4.78, 5) is 0.699. The van der Waals surface area contributed by atoms with E-state index in [0.717, 1.165) is 12.0 Å². The van der Waals surface area contributed by atoms with Gasteiger partial charge >= 0.3 is 0 Å². The van der Waals surface area contributed by atoms with Crippen LogP contribution in [0.4, 0.5) is 0 Å². The first kappa shape index (κ1) is 18.3. The Hall–Kier alpha value is -1.48. The molecule has 0 spiro atoms. The van der Waals surface area contributed by atoms with Crippen LogP contribution in [0.15, 0.2) is 41.3 Å². The number of ether oxygens (including phenoxy) is 2. The Morgan fingerprint density at radius 1 is 1.24 bits per heavy atom. The molecule has 0 radical (unpaired) electrons. The molecule has 0 heterocycles. The third-order valence-electron chi connectivity index (χ3n) is 5.30. The van der Waals surface area contributed by atoms with Crippen LogP contribution in [0.5, 0.6) is 0 Å². The molecular formula is C20H25NO3S. The number of fused-ring (bicyclic) bond motifs is 2. The molecule has 1 aromatic rings. The second kappa shape index (κ2) is 7.41. The van der Waals surface area contributed by atoms with Crippen LogP contribution in [-0.2, 0) is 20.3 Å². The molecule has 0 saturated heterocycles. The molecule has 1 aromatic carbocycles. The SMILES string of the molecule is CCOC(OCC)[C@H]1[C@H]2C=C[C@H](C2)[C@]1(C#N)S(=O)c1ccc(C)cc1. The largest absolute Gasteiger partial charge is 0.353 e. The van der Waals surface area contributed by atoms with Crippen molar-refractivity contribution in [3.63, 3.8) is 0 Å². The van der Waals surface area contributed by atoms with Crippen LogP contribution < -0.4 is 0 Å². The zero-order valence-corrected chi connectivity index (χ0v) is 15.8. The Morgan fingerprint density at radius 3 is 2.44 bits per heavy atom. The third-order valence-corrected chi connectivity index (χ3v) is 7.28. The molecule has 5 heteroatoms. The highest BCUT2D eigenvalue weighted by Crippen LogP contribution is 2.56. The van der Waals surface area contributed by atoms with Gasteiger partial charge in [-0.25, -0.2) is 0 Å². The van der Waals surface area contributed by atoms with Gasteiger partial charge in [-0.2, -0.15) is 5.26 Å². The molecule has 0 N–H and O–H groups in total. The number of nitriles is 1. The summed E-state index contributed by atoms with van der Waals surface area (Å²) in [6.45, 7) is 6.83. The Balaban J connectivity index is 2.04. The van der Waals surface area contributed by atoms with E-state index in [9.17, 15) is 9.47 Å². The summed E-state index contributed by atoms with van der Waals surface area (Å²) >= 11 is 0. The molecule has 0 aliphatic heterocycles. The fraction of sp³-hybridized carbons (Fsp3) is 0.550. The van der Waals surface area contributed by atoms with Gasteiger partial charge in [0.1, 0.15) is 0 Å². The predicted molar refractivity (Wildman–Crippen MR) is 97.2 cm³/mol. The maximum atomic E-state index is 13.6. The standard InChI is InChI=1S/C20H25NO3S/c1-4-23-19(24-5-2)18-15-8-9-16(12-15)20(18,13-21)25(22)17-10-6-14(3)7-11-17/h6-11,15-16,18-19H,4-5,12H2,1-3H3/t15-,16+,18+,20-,25?/m0/s1. The van der Waals surface area contributed by atoms with E-state index in [1.807, 2.05) is 45.0 Å². The smallest absolute Gasteiger partial charge is 0.163 e. The van der Waals surface area contributed by atoms with Gasteiger partial charge in [0.2, 0.25) is 0 Å². The highest BCUT2D eigenvalue weighted by Gasteiger charge is 2.63. The molecule has 0 aromatic heterocycles. The number of benzene rings is 1. The highest BCUT2D eigenvalue weighted by atomic mass is 32.2. The van der Waals surface area contributed by atoms with Gasteiger partial charge in [-0.15, -0.1) is 0 Å². The van der Waals surface area contributed by atoms with Crippen molar-refractivity contribution in [1.82, 2.24) is 0 Å². The molecule has 2 aliphatic rings. The third kappa shape index (κ3) is 2.97. The van der Waals surface area contributed by atoms with Gasteiger partial charge in [-0.3, -0.25) is 4.21 Å². The summed E-state index contributed by atoms with van der Waals surface area (Å²) in [7, 11) is -1.46. The summed E-state index contributed by atoms with van der Waals surface area (Å²) in [5.41, 5.74) is 1.11. The second-order valence-corrected chi connectivity index (χ2v) is 8.37. The van der Waals surface area contributed by atoms with Crippen LogP contribution in [0, 0.1) is 36.0 Å². The zero-order chi connectivity index (χ0) is 18.0. The highest BCUT2D eigenvalue weighted by molar-refractivity contribution is 7.86. The Bertz CT molecular complexity index is 703. The van der Waals surface area contributed by atoms with Crippen molar-refractivity contribution in [2.45, 2.75) is 43.1 Å². The fourth-order valence-corrected chi connectivity index (χ4v) is 6.02. The van der Waals surface area contributed by atoms with Crippen LogP contribution in [0.1, 0.15) is 25.8 Å². The maximum absolute atomic E-state index is 13.6. The van der Waals surface area contributed by atoms with E-state index < -0.39 is 21.8 Å². The molecule has 25 heavy (non-hydrogen) atoms. The van der Waals surface area contributed by atoms with E-state index in [1.165, 1.54) is 0 Å². The Labute approximate surface area is 152 Å². The van der Waals surface area contributed by atoms with E-state index in [-0.39, 0.29) is 17.8 Å². The first-order chi connectivity index (χ1) is 12.1. The number of allylic oxidation sites excluding steroid dienone is 2. The molecule has 0 amide bonds. The molecule has 5 atom stereocenters. The molecule has 2 bridgehead atoms. The Kier molecular flexibility index (Phi) is 5.43. The number of nitrogens with zero attached hydrogens (tertiary/aromatic N) is 1. The summed E-state index contributed by atoms with van der Waals surface area (Å²) in [5.74, 6) is -0.0882. The maximum Gasteiger partial charge on any atom is 0.163 e. The minimum atomic E-state index is -1.46. The zero-order valence-electron chi connectivity index (χ0n) is 15.0. The summed E-state index contributed by atoms with van der Waals surface area (Å²) < 4.78 is 24.2. The van der Waals surface area contributed by atoms with Crippen LogP contribution in [0.3, 0.4) is 0 Å². The minimum absolute atomic E-state index is 0.0296. The van der Waals surface area contributed by atoms with Crippen molar-refractivity contribution in [1.29, 1.82) is 5.26 Å². The van der Waals surface area contributed by atoms with E-state index in [4.69, 9.17) is 9.47 Å². The quantitative estimate of drug-likeness (QED) is 0.551. The average Bonchev–Trinajstić information content (AvgIpc) is 3.21. The first-order valence-electron chi connectivity index (χ1n) is 8.89. The van der Waals surface area contributed by atoms with Gasteiger partial charge in [-0.1, -0.05) is 29.8 Å². The lowest BCUT2D eigenvalue weighted by Crippen LogP contribution is -2.51. The average molecular weight is 359 g/mol. The van der Waals surface area contributed by atoms with Crippen molar-refractivity contribution in [2.75, 3.05) is 13.2 Å². The van der Waals surface area contributed by atoms with Crippen LogP contribution in [-0.4, -0.2) is 28.5 Å². The number of aryl methyl sites for hydroxylation is 1. The molecule has 1 unspecified atom stereocenters. The van der Waals surface area contributed by atoms with Gasteiger partial charge in [0, 0.05) is 29.9 Å². The Morgan fingerprint density at radius 2 is 1.88 bits per heavy atom. The van der Waals surface area contributed by atoms with E-state index in [0.29, 0.717) is 18.1 Å². The lowest BCUT2D eigenvalue weighted by molar-refractivity contribution is -0.174. The minimum Gasteiger partial charge on any atom is -0.353 e. The van der Waals surface area contributed by atoms with E-state index in [1.54, 1.807) is 0 Å². The van der Waals surface area contributed by atoms with Gasteiger partial charge in [0.15, 0.2) is 11.0 Å². The monoisotopic (exact) mass is 359 g/mol. The second-order valence-electron chi connectivity index (χ2n) is 6.68. The van der Waals surface area contributed by atoms with E-state index in [2.05, 4.69) is 18.2 Å². The number of rotatable bonds is 7. The summed E-state index contributed by atoms with van der Waals surface area (Å²) in [6, 6.07) is 10.1. The van der Waals surface area contributed by atoms with Crippen molar-refractivity contribution in [3.8, 4) is 6.07 Å². The molecule has 4 nitrogen and oxygen atoms in total. The number of hydrogen-bond acceptors (Lipinski definition) is 4. The van der Waals surface area contributed by atoms with Gasteiger partial charge in [0.25, 0.3) is 0 Å². The number of hydrogen-bond donors (Lipinski definition) is 0. The topological polar surface area (TPSA) is 59.3 Å². The van der Waals surface area contributed by atoms with Crippen molar-refractivity contribution in [2.24, 2.45) is 17.8 Å². The first-order valence-corrected chi connectivity index (χ1v) is 10.0. The normalized spacial score (nSPS) is 31.4. The van der Waals surface area contributed by atoms with Crippen LogP contribution in [0.2, 0.25) is 0 Å².